The molecule has 0 bridgehead atoms. The Labute approximate surface area is 111 Å². The molecule has 1 heterocycles. The highest BCUT2D eigenvalue weighted by Gasteiger charge is 2.26. The molecule has 1 aliphatic rings. The minimum Gasteiger partial charge on any atom is -0.478 e. The summed E-state index contributed by atoms with van der Waals surface area (Å²) in [6.07, 6.45) is 0. The number of carboxylic acid groups (broad SMARTS) is 1. The summed E-state index contributed by atoms with van der Waals surface area (Å²) in [4.78, 5) is 24.8. The van der Waals surface area contributed by atoms with Crippen molar-refractivity contribution in [1.82, 2.24) is 5.32 Å². The number of nitrogens with one attached hydrogen (secondary N) is 1. The highest BCUT2D eigenvalue weighted by Crippen LogP contribution is 2.20. The van der Waals surface area contributed by atoms with Gasteiger partial charge in [-0.3, -0.25) is 4.79 Å². The van der Waals surface area contributed by atoms with Gasteiger partial charge in [-0.05, 0) is 12.1 Å². The van der Waals surface area contributed by atoms with Crippen LogP contribution in [-0.4, -0.2) is 49.8 Å². The molecule has 1 unspecified atom stereocenters. The van der Waals surface area contributed by atoms with Gasteiger partial charge >= 0.3 is 5.97 Å². The number of aromatic carboxylic acids is 1. The molecule has 6 nitrogen and oxygen atoms in total. The minimum atomic E-state index is -1.05. The van der Waals surface area contributed by atoms with Gasteiger partial charge in [-0.15, -0.1) is 0 Å². The predicted octanol–water partition coefficient (Wildman–Crippen LogP) is 0.336. The smallest absolute Gasteiger partial charge is 0.337 e. The quantitative estimate of drug-likeness (QED) is 0.823. The van der Waals surface area contributed by atoms with E-state index < -0.39 is 12.0 Å². The van der Waals surface area contributed by atoms with Crippen molar-refractivity contribution in [2.45, 2.75) is 6.04 Å². The lowest BCUT2D eigenvalue weighted by Crippen LogP contribution is -2.52. The van der Waals surface area contributed by atoms with E-state index in [1.165, 1.54) is 11.0 Å². The molecule has 1 aromatic carbocycles. The summed E-state index contributed by atoms with van der Waals surface area (Å²) in [7, 11) is 1.57. The minimum absolute atomic E-state index is 0.107. The van der Waals surface area contributed by atoms with Crippen molar-refractivity contribution in [3.63, 3.8) is 0 Å². The molecule has 1 aliphatic heterocycles. The van der Waals surface area contributed by atoms with Crippen LogP contribution in [0.25, 0.3) is 0 Å². The van der Waals surface area contributed by atoms with E-state index in [1.54, 1.807) is 25.2 Å². The van der Waals surface area contributed by atoms with Gasteiger partial charge in [0.1, 0.15) is 6.04 Å². The van der Waals surface area contributed by atoms with Crippen LogP contribution in [0.2, 0.25) is 0 Å². The molecule has 0 saturated carbocycles. The summed E-state index contributed by atoms with van der Waals surface area (Å²) in [5.74, 6) is -1.25. The molecule has 102 valence electrons. The number of ether oxygens (including phenoxy) is 1. The lowest BCUT2D eigenvalue weighted by molar-refractivity contribution is -0.123. The maximum Gasteiger partial charge on any atom is 0.337 e. The van der Waals surface area contributed by atoms with Crippen LogP contribution in [0.4, 0.5) is 5.69 Å². The van der Waals surface area contributed by atoms with Crippen molar-refractivity contribution in [1.29, 1.82) is 0 Å². The number of carbonyl (C=O) groups is 2. The van der Waals surface area contributed by atoms with Gasteiger partial charge in [0.15, 0.2) is 0 Å². The van der Waals surface area contributed by atoms with Crippen LogP contribution in [0.1, 0.15) is 10.4 Å². The number of nitrogens with zero attached hydrogens (tertiary/aromatic N) is 1. The summed E-state index contributed by atoms with van der Waals surface area (Å²) in [6, 6.07) is 6.00. The molecule has 2 N–H and O–H groups in total. The SMILES string of the molecule is CN(C(=O)C1COCCN1)c1ccccc1C(=O)O. The van der Waals surface area contributed by atoms with E-state index in [4.69, 9.17) is 9.84 Å². The van der Waals surface area contributed by atoms with Gasteiger partial charge in [-0.1, -0.05) is 12.1 Å². The van der Waals surface area contributed by atoms with Crippen molar-refractivity contribution in [3.8, 4) is 0 Å². The fourth-order valence-corrected chi connectivity index (χ4v) is 2.02. The molecule has 2 rings (SSSR count). The first-order valence-electron chi connectivity index (χ1n) is 6.02. The normalized spacial score (nSPS) is 18.9. The number of carboxylic acids is 1. The number of likely N-dealkylation sites (N-methyl/N-ethyl adjacent to an activating group) is 1. The number of benzene rings is 1. The zero-order valence-corrected chi connectivity index (χ0v) is 10.6. The Kier molecular flexibility index (Phi) is 4.13. The topological polar surface area (TPSA) is 78.9 Å². The van der Waals surface area contributed by atoms with Crippen molar-refractivity contribution in [2.75, 3.05) is 31.7 Å². The molecule has 1 saturated heterocycles. The first-order valence-corrected chi connectivity index (χ1v) is 6.02. The Morgan fingerprint density at radius 2 is 2.16 bits per heavy atom. The van der Waals surface area contributed by atoms with Crippen LogP contribution in [0.5, 0.6) is 0 Å². The van der Waals surface area contributed by atoms with E-state index in [-0.39, 0.29) is 11.5 Å². The predicted molar refractivity (Wildman–Crippen MR) is 69.4 cm³/mol. The fourth-order valence-electron chi connectivity index (χ4n) is 2.02. The second kappa shape index (κ2) is 5.81. The lowest BCUT2D eigenvalue weighted by atomic mass is 10.1. The number of anilines is 1. The van der Waals surface area contributed by atoms with E-state index in [2.05, 4.69) is 5.32 Å². The molecule has 0 spiro atoms. The maximum absolute atomic E-state index is 12.3. The Bertz CT molecular complexity index is 483. The lowest BCUT2D eigenvalue weighted by Gasteiger charge is -2.28. The third-order valence-electron chi connectivity index (χ3n) is 3.05. The highest BCUT2D eigenvalue weighted by molar-refractivity contribution is 6.03. The highest BCUT2D eigenvalue weighted by atomic mass is 16.5. The molecular formula is C13H16N2O4. The van der Waals surface area contributed by atoms with Crippen LogP contribution in [0, 0.1) is 0 Å². The van der Waals surface area contributed by atoms with Gasteiger partial charge < -0.3 is 20.1 Å². The van der Waals surface area contributed by atoms with Crippen molar-refractivity contribution in [3.05, 3.63) is 29.8 Å². The van der Waals surface area contributed by atoms with E-state index >= 15 is 0 Å². The molecule has 6 heteroatoms. The first-order chi connectivity index (χ1) is 9.11. The average molecular weight is 264 g/mol. The molecule has 1 amide bonds. The number of morpholine rings is 1. The molecule has 0 aliphatic carbocycles. The summed E-state index contributed by atoms with van der Waals surface area (Å²) < 4.78 is 5.24. The number of para-hydroxylation sites is 1. The summed E-state index contributed by atoms with van der Waals surface area (Å²) >= 11 is 0. The number of carbonyl (C=O) groups excluding carboxylic acids is 1. The molecular weight excluding hydrogens is 248 g/mol. The van der Waals surface area contributed by atoms with E-state index in [0.717, 1.165) is 0 Å². The van der Waals surface area contributed by atoms with E-state index in [1.807, 2.05) is 0 Å². The molecule has 19 heavy (non-hydrogen) atoms. The molecule has 0 radical (unpaired) electrons. The summed E-state index contributed by atoms with van der Waals surface area (Å²) in [6.45, 7) is 1.50. The van der Waals surface area contributed by atoms with Crippen molar-refractivity contribution >= 4 is 17.6 Å². The Hall–Kier alpha value is -1.92. The van der Waals surface area contributed by atoms with Gasteiger partial charge in [0.25, 0.3) is 0 Å². The van der Waals surface area contributed by atoms with Crippen molar-refractivity contribution < 1.29 is 19.4 Å². The third-order valence-corrected chi connectivity index (χ3v) is 3.05. The largest absolute Gasteiger partial charge is 0.478 e. The summed E-state index contributed by atoms with van der Waals surface area (Å²) in [5.41, 5.74) is 0.488. The number of rotatable bonds is 3. The number of amides is 1. The zero-order chi connectivity index (χ0) is 13.8. The Morgan fingerprint density at radius 3 is 2.79 bits per heavy atom. The Balaban J connectivity index is 2.21. The van der Waals surface area contributed by atoms with Crippen LogP contribution in [0.3, 0.4) is 0 Å². The first kappa shape index (κ1) is 13.5. The molecule has 1 atom stereocenters. The van der Waals surface area contributed by atoms with E-state index in [9.17, 15) is 9.59 Å². The van der Waals surface area contributed by atoms with Crippen molar-refractivity contribution in [2.24, 2.45) is 0 Å². The fraction of sp³-hybridized carbons (Fsp3) is 0.385. The molecule has 0 aromatic heterocycles. The molecule has 1 aromatic rings. The van der Waals surface area contributed by atoms with Crippen LogP contribution in [-0.2, 0) is 9.53 Å². The standard InChI is InChI=1S/C13H16N2O4/c1-15(12(16)10-8-19-7-6-14-10)11-5-3-2-4-9(11)13(17)18/h2-5,10,14H,6-8H2,1H3,(H,17,18). The third kappa shape index (κ3) is 2.91. The second-order valence-electron chi connectivity index (χ2n) is 4.30. The molecule has 1 fully saturated rings. The van der Waals surface area contributed by atoms with E-state index in [0.29, 0.717) is 25.4 Å². The average Bonchev–Trinajstić information content (AvgIpc) is 2.46. The van der Waals surface area contributed by atoms with Gasteiger partial charge in [0.2, 0.25) is 5.91 Å². The van der Waals surface area contributed by atoms with Crippen LogP contribution in [0.15, 0.2) is 24.3 Å². The zero-order valence-electron chi connectivity index (χ0n) is 10.6. The van der Waals surface area contributed by atoms with Crippen LogP contribution >= 0.6 is 0 Å². The maximum atomic E-state index is 12.3. The van der Waals surface area contributed by atoms with Gasteiger partial charge in [-0.2, -0.15) is 0 Å². The van der Waals surface area contributed by atoms with Gasteiger partial charge in [0.05, 0.1) is 24.5 Å². The van der Waals surface area contributed by atoms with Crippen LogP contribution < -0.4 is 10.2 Å². The number of hydrogen-bond acceptors (Lipinski definition) is 4. The monoisotopic (exact) mass is 264 g/mol. The Morgan fingerprint density at radius 1 is 1.42 bits per heavy atom. The van der Waals surface area contributed by atoms with Gasteiger partial charge in [-0.25, -0.2) is 4.79 Å². The van der Waals surface area contributed by atoms with Gasteiger partial charge in [0, 0.05) is 13.6 Å². The second-order valence-corrected chi connectivity index (χ2v) is 4.30. The number of hydrogen-bond donors (Lipinski definition) is 2. The summed E-state index contributed by atoms with van der Waals surface area (Å²) in [5, 5.41) is 12.2.